The van der Waals surface area contributed by atoms with E-state index in [1.807, 2.05) is 42.5 Å². The summed E-state index contributed by atoms with van der Waals surface area (Å²) in [6.45, 7) is 2.14. The van der Waals surface area contributed by atoms with Gasteiger partial charge in [0, 0.05) is 29.4 Å². The second-order valence-corrected chi connectivity index (χ2v) is 8.90. The zero-order chi connectivity index (χ0) is 24.1. The number of hydrogen-bond acceptors (Lipinski definition) is 7. The molecule has 0 unspecified atom stereocenters. The molecule has 1 aliphatic rings. The van der Waals surface area contributed by atoms with E-state index in [1.54, 1.807) is 18.0 Å². The van der Waals surface area contributed by atoms with E-state index >= 15 is 0 Å². The van der Waals surface area contributed by atoms with Gasteiger partial charge < -0.3 is 19.7 Å². The third-order valence-electron chi connectivity index (χ3n) is 6.46. The lowest BCUT2D eigenvalue weighted by molar-refractivity contribution is -0.138. The minimum Gasteiger partial charge on any atom is -0.480 e. The molecule has 0 saturated carbocycles. The second-order valence-electron chi connectivity index (χ2n) is 8.90. The molecule has 10 nitrogen and oxygen atoms in total. The fraction of sp³-hybridized carbons (Fsp3) is 0.240. The monoisotopic (exact) mass is 470 g/mol. The average Bonchev–Trinajstić information content (AvgIpc) is 3.55. The van der Waals surface area contributed by atoms with Crippen LogP contribution >= 0.6 is 0 Å². The number of nitrogens with one attached hydrogen (secondary N) is 2. The zero-order valence-corrected chi connectivity index (χ0v) is 18.9. The smallest absolute Gasteiger partial charge is 0.326 e. The molecule has 1 amide bonds. The number of fused-ring (bicyclic) bond motifs is 4. The molecule has 3 N–H and O–H groups in total. The highest BCUT2D eigenvalue weighted by molar-refractivity contribution is 6.06. The topological polar surface area (TPSA) is 137 Å². The number of benzene rings is 2. The number of carbonyl (C=O) groups is 2. The molecule has 1 saturated heterocycles. The van der Waals surface area contributed by atoms with Crippen molar-refractivity contribution in [1.29, 1.82) is 0 Å². The van der Waals surface area contributed by atoms with Crippen molar-refractivity contribution in [1.82, 2.24) is 20.2 Å². The highest BCUT2D eigenvalue weighted by Crippen LogP contribution is 2.37. The fourth-order valence-corrected chi connectivity index (χ4v) is 4.91. The Morgan fingerprint density at radius 1 is 1.23 bits per heavy atom. The molecule has 3 aromatic heterocycles. The molecule has 0 bridgehead atoms. The number of nitrogens with zero attached hydrogens (tertiary/aromatic N) is 4. The second kappa shape index (κ2) is 8.08. The summed E-state index contributed by atoms with van der Waals surface area (Å²) < 4.78 is 6.06. The standard InChI is InChI=1S/C25H22N6O4/c1-13-27-22-17-4-2-3-5-20(17)35-23(22)24(28-13)31-12-14(8-19(31)25(33)34)9-21(32)29-16-7-6-15-11-26-30-18(15)10-16/h2-7,10-11,14,19H,8-9,12H2,1H3,(H,26,30)(H,29,32)(H,33,34)/t14-,19+/m1/s1. The van der Waals surface area contributed by atoms with Crippen LogP contribution in [0.1, 0.15) is 18.7 Å². The number of aromatic amines is 1. The van der Waals surface area contributed by atoms with Crippen molar-refractivity contribution < 1.29 is 19.1 Å². The molecule has 0 aliphatic carbocycles. The van der Waals surface area contributed by atoms with Crippen LogP contribution in [-0.4, -0.2) is 49.7 Å². The Hall–Kier alpha value is -4.47. The van der Waals surface area contributed by atoms with Crippen LogP contribution < -0.4 is 10.2 Å². The van der Waals surface area contributed by atoms with Crippen LogP contribution in [0.2, 0.25) is 0 Å². The molecule has 2 atom stereocenters. The van der Waals surface area contributed by atoms with Crippen molar-refractivity contribution in [2.75, 3.05) is 16.8 Å². The van der Waals surface area contributed by atoms with Gasteiger partial charge in [0.2, 0.25) is 5.91 Å². The summed E-state index contributed by atoms with van der Waals surface area (Å²) >= 11 is 0. The number of anilines is 2. The number of carboxylic acid groups (broad SMARTS) is 1. The Labute approximate surface area is 199 Å². The zero-order valence-electron chi connectivity index (χ0n) is 18.9. The van der Waals surface area contributed by atoms with E-state index in [-0.39, 0.29) is 18.2 Å². The first kappa shape index (κ1) is 21.1. The summed E-state index contributed by atoms with van der Waals surface area (Å²) in [6.07, 6.45) is 2.23. The normalized spacial score (nSPS) is 18.0. The largest absolute Gasteiger partial charge is 0.480 e. The molecular weight excluding hydrogens is 448 g/mol. The lowest BCUT2D eigenvalue weighted by Crippen LogP contribution is -2.36. The summed E-state index contributed by atoms with van der Waals surface area (Å²) in [4.78, 5) is 35.8. The number of aromatic nitrogens is 4. The number of H-pyrrole nitrogens is 1. The van der Waals surface area contributed by atoms with Gasteiger partial charge in [-0.15, -0.1) is 0 Å². The summed E-state index contributed by atoms with van der Waals surface area (Å²) in [6, 6.07) is 12.2. The van der Waals surface area contributed by atoms with Gasteiger partial charge in [-0.05, 0) is 49.6 Å². The minimum atomic E-state index is -0.960. The molecule has 4 heterocycles. The fourth-order valence-electron chi connectivity index (χ4n) is 4.91. The molecule has 0 spiro atoms. The number of rotatable bonds is 5. The molecule has 35 heavy (non-hydrogen) atoms. The number of furan rings is 1. The van der Waals surface area contributed by atoms with Crippen molar-refractivity contribution in [3.63, 3.8) is 0 Å². The van der Waals surface area contributed by atoms with Gasteiger partial charge in [-0.3, -0.25) is 9.89 Å². The molecule has 10 heteroatoms. The highest BCUT2D eigenvalue weighted by Gasteiger charge is 2.40. The van der Waals surface area contributed by atoms with Crippen LogP contribution in [0.3, 0.4) is 0 Å². The summed E-state index contributed by atoms with van der Waals surface area (Å²) in [7, 11) is 0. The lowest BCUT2D eigenvalue weighted by atomic mass is 10.0. The number of para-hydroxylation sites is 1. The van der Waals surface area contributed by atoms with Crippen molar-refractivity contribution >= 4 is 56.4 Å². The Morgan fingerprint density at radius 3 is 2.94 bits per heavy atom. The molecule has 0 radical (unpaired) electrons. The number of hydrogen-bond donors (Lipinski definition) is 3. The maximum Gasteiger partial charge on any atom is 0.326 e. The van der Waals surface area contributed by atoms with Crippen LogP contribution in [-0.2, 0) is 9.59 Å². The van der Waals surface area contributed by atoms with Crippen LogP contribution in [0.25, 0.3) is 33.0 Å². The number of amides is 1. The number of aliphatic carboxylic acids is 1. The van der Waals surface area contributed by atoms with Crippen molar-refractivity contribution in [2.24, 2.45) is 5.92 Å². The highest BCUT2D eigenvalue weighted by atomic mass is 16.4. The van der Waals surface area contributed by atoms with Gasteiger partial charge in [-0.25, -0.2) is 14.8 Å². The quantitative estimate of drug-likeness (QED) is 0.352. The van der Waals surface area contributed by atoms with Gasteiger partial charge >= 0.3 is 5.97 Å². The Balaban J connectivity index is 1.27. The molecule has 6 rings (SSSR count). The Bertz CT molecular complexity index is 1610. The molecule has 1 fully saturated rings. The number of carbonyl (C=O) groups excluding carboxylic acids is 1. The van der Waals surface area contributed by atoms with E-state index in [1.165, 1.54) is 0 Å². The van der Waals surface area contributed by atoms with Gasteiger partial charge in [-0.1, -0.05) is 12.1 Å². The number of carboxylic acids is 1. The first-order valence-corrected chi connectivity index (χ1v) is 11.3. The van der Waals surface area contributed by atoms with Crippen LogP contribution in [0.5, 0.6) is 0 Å². The molecule has 176 valence electrons. The van der Waals surface area contributed by atoms with Crippen molar-refractivity contribution in [2.45, 2.75) is 25.8 Å². The molecule has 1 aliphatic heterocycles. The van der Waals surface area contributed by atoms with E-state index in [2.05, 4.69) is 25.5 Å². The predicted octanol–water partition coefficient (Wildman–Crippen LogP) is 3.87. The van der Waals surface area contributed by atoms with Crippen molar-refractivity contribution in [3.8, 4) is 0 Å². The van der Waals surface area contributed by atoms with Gasteiger partial charge in [-0.2, -0.15) is 5.10 Å². The van der Waals surface area contributed by atoms with Crippen LogP contribution in [0, 0.1) is 12.8 Å². The Morgan fingerprint density at radius 2 is 2.09 bits per heavy atom. The van der Waals surface area contributed by atoms with E-state index in [0.29, 0.717) is 47.0 Å². The first-order chi connectivity index (χ1) is 17.0. The summed E-state index contributed by atoms with van der Waals surface area (Å²) in [5.74, 6) is -0.324. The Kier molecular flexibility index (Phi) is 4.87. The van der Waals surface area contributed by atoms with E-state index < -0.39 is 12.0 Å². The van der Waals surface area contributed by atoms with Gasteiger partial charge in [0.05, 0.1) is 11.7 Å². The van der Waals surface area contributed by atoms with Gasteiger partial charge in [0.1, 0.15) is 23.0 Å². The van der Waals surface area contributed by atoms with Crippen molar-refractivity contribution in [3.05, 3.63) is 54.5 Å². The SMILES string of the molecule is Cc1nc(N2C[C@@H](CC(=O)Nc3ccc4cn[nH]c4c3)C[C@H]2C(=O)O)c2oc3ccccc3c2n1. The van der Waals surface area contributed by atoms with E-state index in [9.17, 15) is 14.7 Å². The third kappa shape index (κ3) is 3.72. The number of aryl methyl sites for hydroxylation is 1. The maximum absolute atomic E-state index is 12.8. The first-order valence-electron chi connectivity index (χ1n) is 11.3. The average molecular weight is 470 g/mol. The van der Waals surface area contributed by atoms with Crippen LogP contribution in [0.4, 0.5) is 11.5 Å². The van der Waals surface area contributed by atoms with Gasteiger partial charge in [0.25, 0.3) is 0 Å². The summed E-state index contributed by atoms with van der Waals surface area (Å²) in [5, 5.41) is 21.6. The molecule has 2 aromatic carbocycles. The molecule has 5 aromatic rings. The maximum atomic E-state index is 12.8. The van der Waals surface area contributed by atoms with E-state index in [0.717, 1.165) is 16.3 Å². The lowest BCUT2D eigenvalue weighted by Gasteiger charge is -2.22. The van der Waals surface area contributed by atoms with Gasteiger partial charge in [0.15, 0.2) is 11.4 Å². The third-order valence-corrected chi connectivity index (χ3v) is 6.46. The molecular formula is C25H22N6O4. The van der Waals surface area contributed by atoms with E-state index in [4.69, 9.17) is 4.42 Å². The van der Waals surface area contributed by atoms with Crippen LogP contribution in [0.15, 0.2) is 53.1 Å². The summed E-state index contributed by atoms with van der Waals surface area (Å²) in [5.41, 5.74) is 3.27. The minimum absolute atomic E-state index is 0.165. The predicted molar refractivity (Wildman–Crippen MR) is 130 cm³/mol.